The molecule has 2 rings (SSSR count). The summed E-state index contributed by atoms with van der Waals surface area (Å²) in [7, 11) is 3.37. The van der Waals surface area contributed by atoms with Gasteiger partial charge in [-0.3, -0.25) is 0 Å². The Hall–Kier alpha value is -1.82. The topological polar surface area (TPSA) is 64.3 Å². The zero-order valence-corrected chi connectivity index (χ0v) is 11.1. The Balaban J connectivity index is 2.20. The van der Waals surface area contributed by atoms with Crippen molar-refractivity contribution >= 4 is 17.4 Å². The van der Waals surface area contributed by atoms with Gasteiger partial charge in [0, 0.05) is 13.1 Å². The molecule has 0 aromatic carbocycles. The normalized spacial score (nSPS) is 10.4. The second-order valence-electron chi connectivity index (χ2n) is 3.81. The number of nitrogens with zero attached hydrogens (tertiary/aromatic N) is 4. The smallest absolute Gasteiger partial charge is 0.318 e. The van der Waals surface area contributed by atoms with Gasteiger partial charge in [0.2, 0.25) is 0 Å². The van der Waals surface area contributed by atoms with Crippen molar-refractivity contribution in [2.45, 2.75) is 13.5 Å². The molecule has 0 saturated heterocycles. The van der Waals surface area contributed by atoms with Crippen molar-refractivity contribution in [1.29, 1.82) is 0 Å². The Morgan fingerprint density at radius 1 is 1.50 bits per heavy atom. The molecule has 0 saturated carbocycles. The van der Waals surface area contributed by atoms with Crippen molar-refractivity contribution in [2.75, 3.05) is 19.1 Å². The minimum absolute atomic E-state index is 0.276. The molecule has 0 spiro atoms. The molecule has 2 heterocycles. The second kappa shape index (κ2) is 5.22. The molecule has 0 aliphatic heterocycles. The molecular formula is C11H13ClN4O2. The highest BCUT2D eigenvalue weighted by Crippen LogP contribution is 2.24. The third-order valence-corrected chi connectivity index (χ3v) is 2.59. The number of hydrogen-bond donors (Lipinski definition) is 0. The molecule has 96 valence electrons. The number of anilines is 1. The van der Waals surface area contributed by atoms with E-state index in [1.165, 1.54) is 13.3 Å². The molecule has 18 heavy (non-hydrogen) atoms. The average Bonchev–Trinajstić information content (AvgIpc) is 2.75. The predicted molar refractivity (Wildman–Crippen MR) is 66.9 cm³/mol. The van der Waals surface area contributed by atoms with Gasteiger partial charge in [0.05, 0.1) is 19.9 Å². The van der Waals surface area contributed by atoms with Crippen LogP contribution in [0.15, 0.2) is 16.8 Å². The molecule has 0 aliphatic rings. The zero-order valence-electron chi connectivity index (χ0n) is 10.3. The van der Waals surface area contributed by atoms with Crippen LogP contribution in [0, 0.1) is 6.92 Å². The molecule has 0 radical (unpaired) electrons. The number of aryl methyl sites for hydroxylation is 1. The van der Waals surface area contributed by atoms with Crippen molar-refractivity contribution in [3.63, 3.8) is 0 Å². The first kappa shape index (κ1) is 12.6. The summed E-state index contributed by atoms with van der Waals surface area (Å²) in [5, 5.41) is 4.38. The van der Waals surface area contributed by atoms with Crippen LogP contribution in [0.2, 0.25) is 5.02 Å². The van der Waals surface area contributed by atoms with Crippen molar-refractivity contribution in [3.8, 4) is 6.01 Å². The van der Waals surface area contributed by atoms with Crippen LogP contribution in [0.4, 0.5) is 5.82 Å². The first-order valence-corrected chi connectivity index (χ1v) is 5.68. The van der Waals surface area contributed by atoms with Crippen molar-refractivity contribution in [1.82, 2.24) is 15.1 Å². The van der Waals surface area contributed by atoms with E-state index in [1.807, 2.05) is 24.9 Å². The van der Waals surface area contributed by atoms with Crippen LogP contribution >= 0.6 is 11.6 Å². The van der Waals surface area contributed by atoms with E-state index in [-0.39, 0.29) is 6.01 Å². The molecule has 0 fully saturated rings. The molecule has 0 amide bonds. The number of halogens is 1. The summed E-state index contributed by atoms with van der Waals surface area (Å²) in [6, 6.07) is 2.14. The van der Waals surface area contributed by atoms with Gasteiger partial charge in [-0.05, 0) is 6.92 Å². The summed E-state index contributed by atoms with van der Waals surface area (Å²) in [4.78, 5) is 9.97. The Kier molecular flexibility index (Phi) is 3.66. The first-order valence-electron chi connectivity index (χ1n) is 5.30. The van der Waals surface area contributed by atoms with Crippen LogP contribution in [-0.4, -0.2) is 29.3 Å². The van der Waals surface area contributed by atoms with E-state index in [2.05, 4.69) is 15.1 Å². The molecule has 0 unspecified atom stereocenters. The van der Waals surface area contributed by atoms with E-state index < -0.39 is 0 Å². The van der Waals surface area contributed by atoms with Gasteiger partial charge in [-0.1, -0.05) is 16.8 Å². The summed E-state index contributed by atoms with van der Waals surface area (Å²) >= 11 is 6.05. The Morgan fingerprint density at radius 3 is 2.89 bits per heavy atom. The van der Waals surface area contributed by atoms with Gasteiger partial charge in [-0.15, -0.1) is 0 Å². The van der Waals surface area contributed by atoms with Gasteiger partial charge in [0.25, 0.3) is 0 Å². The minimum Gasteiger partial charge on any atom is -0.467 e. The molecule has 0 aliphatic carbocycles. The number of methoxy groups -OCH3 is 1. The van der Waals surface area contributed by atoms with E-state index in [0.717, 1.165) is 11.5 Å². The minimum atomic E-state index is 0.276. The van der Waals surface area contributed by atoms with E-state index in [0.29, 0.717) is 17.4 Å². The maximum atomic E-state index is 6.05. The lowest BCUT2D eigenvalue weighted by Gasteiger charge is -2.17. The number of aromatic nitrogens is 3. The van der Waals surface area contributed by atoms with Crippen LogP contribution in [0.3, 0.4) is 0 Å². The van der Waals surface area contributed by atoms with E-state index in [1.54, 1.807) is 0 Å². The number of ether oxygens (including phenoxy) is 1. The maximum absolute atomic E-state index is 6.05. The van der Waals surface area contributed by atoms with Gasteiger partial charge >= 0.3 is 6.01 Å². The Labute approximate surface area is 110 Å². The summed E-state index contributed by atoms with van der Waals surface area (Å²) in [6.07, 6.45) is 1.51. The second-order valence-corrected chi connectivity index (χ2v) is 4.22. The quantitative estimate of drug-likeness (QED) is 0.846. The summed E-state index contributed by atoms with van der Waals surface area (Å²) in [5.74, 6) is 1.36. The van der Waals surface area contributed by atoms with Crippen LogP contribution in [0.5, 0.6) is 6.01 Å². The summed E-state index contributed by atoms with van der Waals surface area (Å²) < 4.78 is 9.98. The van der Waals surface area contributed by atoms with Crippen LogP contribution in [-0.2, 0) is 6.54 Å². The van der Waals surface area contributed by atoms with Crippen molar-refractivity contribution < 1.29 is 9.26 Å². The third kappa shape index (κ3) is 2.70. The Bertz CT molecular complexity index is 544. The molecule has 6 nitrogen and oxygen atoms in total. The van der Waals surface area contributed by atoms with Crippen molar-refractivity contribution in [2.24, 2.45) is 0 Å². The SMILES string of the molecule is COc1ncc(Cl)c(N(C)Cc2cc(C)on2)n1. The maximum Gasteiger partial charge on any atom is 0.318 e. The molecule has 2 aromatic heterocycles. The molecule has 0 bridgehead atoms. The standard InChI is InChI=1S/C11H13ClN4O2/c1-7-4-8(15-18-7)6-16(2)10-9(12)5-13-11(14-10)17-3/h4-5H,6H2,1-3H3. The lowest BCUT2D eigenvalue weighted by atomic mass is 10.3. The van der Waals surface area contributed by atoms with Crippen LogP contribution in [0.1, 0.15) is 11.5 Å². The molecule has 2 aromatic rings. The zero-order chi connectivity index (χ0) is 13.1. The average molecular weight is 269 g/mol. The largest absolute Gasteiger partial charge is 0.467 e. The van der Waals surface area contributed by atoms with Gasteiger partial charge in [0.1, 0.15) is 16.5 Å². The predicted octanol–water partition coefficient (Wildman–Crippen LogP) is 2.07. The Morgan fingerprint density at radius 2 is 2.28 bits per heavy atom. The molecule has 0 atom stereocenters. The van der Waals surface area contributed by atoms with Gasteiger partial charge in [-0.2, -0.15) is 4.98 Å². The monoisotopic (exact) mass is 268 g/mol. The molecule has 0 N–H and O–H groups in total. The third-order valence-electron chi connectivity index (χ3n) is 2.32. The highest BCUT2D eigenvalue weighted by Gasteiger charge is 2.12. The lowest BCUT2D eigenvalue weighted by Crippen LogP contribution is -2.18. The number of hydrogen-bond acceptors (Lipinski definition) is 6. The molecule has 7 heteroatoms. The van der Waals surface area contributed by atoms with E-state index in [4.69, 9.17) is 20.9 Å². The molecular weight excluding hydrogens is 256 g/mol. The fourth-order valence-corrected chi connectivity index (χ4v) is 1.75. The fraction of sp³-hybridized carbons (Fsp3) is 0.364. The van der Waals surface area contributed by atoms with Gasteiger partial charge in [-0.25, -0.2) is 4.98 Å². The first-order chi connectivity index (χ1) is 8.60. The van der Waals surface area contributed by atoms with Crippen LogP contribution in [0.25, 0.3) is 0 Å². The lowest BCUT2D eigenvalue weighted by molar-refractivity contribution is 0.379. The van der Waals surface area contributed by atoms with Crippen LogP contribution < -0.4 is 9.64 Å². The van der Waals surface area contributed by atoms with Gasteiger partial charge in [0.15, 0.2) is 5.82 Å². The number of rotatable bonds is 4. The highest BCUT2D eigenvalue weighted by atomic mass is 35.5. The van der Waals surface area contributed by atoms with Crippen molar-refractivity contribution in [3.05, 3.63) is 28.7 Å². The fourth-order valence-electron chi connectivity index (χ4n) is 1.52. The van der Waals surface area contributed by atoms with E-state index >= 15 is 0 Å². The summed E-state index contributed by atoms with van der Waals surface area (Å²) in [5.41, 5.74) is 0.809. The van der Waals surface area contributed by atoms with E-state index in [9.17, 15) is 0 Å². The summed E-state index contributed by atoms with van der Waals surface area (Å²) in [6.45, 7) is 2.38. The van der Waals surface area contributed by atoms with Gasteiger partial charge < -0.3 is 14.2 Å². The highest BCUT2D eigenvalue weighted by molar-refractivity contribution is 6.32.